The second kappa shape index (κ2) is 5.08. The van der Waals surface area contributed by atoms with Crippen molar-refractivity contribution in [3.63, 3.8) is 0 Å². The van der Waals surface area contributed by atoms with E-state index in [4.69, 9.17) is 5.73 Å². The molecule has 3 N–H and O–H groups in total. The van der Waals surface area contributed by atoms with Crippen LogP contribution in [0.25, 0.3) is 0 Å². The van der Waals surface area contributed by atoms with Crippen LogP contribution >= 0.6 is 0 Å². The van der Waals surface area contributed by atoms with Gasteiger partial charge in [-0.25, -0.2) is 8.42 Å². The molecule has 1 atom stereocenters. The number of nitro groups is 1. The van der Waals surface area contributed by atoms with Crippen molar-refractivity contribution in [3.8, 4) is 0 Å². The molecule has 1 heterocycles. The van der Waals surface area contributed by atoms with E-state index in [1.807, 2.05) is 0 Å². The number of nitro benzene ring substituents is 1. The lowest BCUT2D eigenvalue weighted by Crippen LogP contribution is -2.35. The minimum atomic E-state index is -3.09. The summed E-state index contributed by atoms with van der Waals surface area (Å²) in [4.78, 5) is 22.0. The van der Waals surface area contributed by atoms with E-state index in [1.165, 1.54) is 12.1 Å². The van der Waals surface area contributed by atoms with Crippen LogP contribution in [0.2, 0.25) is 0 Å². The number of hydrogen-bond acceptors (Lipinski definition) is 6. The molecule has 1 unspecified atom stereocenters. The Bertz CT molecular complexity index is 671. The van der Waals surface area contributed by atoms with Crippen LogP contribution in [-0.4, -0.2) is 36.8 Å². The molecule has 1 saturated heterocycles. The molecule has 1 aliphatic heterocycles. The Hall–Kier alpha value is -2.16. The number of carbonyl (C=O) groups excluding carboxylic acids is 1. The SMILES string of the molecule is Nc1ccc(C(=O)NC2CCS(=O)(=O)C2)cc1[N+](=O)[O-]. The molecule has 0 aliphatic carbocycles. The summed E-state index contributed by atoms with van der Waals surface area (Å²) in [5.74, 6) is -0.606. The highest BCUT2D eigenvalue weighted by molar-refractivity contribution is 7.91. The average Bonchev–Trinajstić information content (AvgIpc) is 2.68. The first-order valence-electron chi connectivity index (χ1n) is 5.84. The maximum Gasteiger partial charge on any atom is 0.292 e. The first kappa shape index (κ1) is 14.3. The van der Waals surface area contributed by atoms with Crippen LogP contribution in [0.15, 0.2) is 18.2 Å². The molecule has 1 aromatic rings. The molecule has 20 heavy (non-hydrogen) atoms. The summed E-state index contributed by atoms with van der Waals surface area (Å²) in [5, 5.41) is 13.3. The van der Waals surface area contributed by atoms with Crippen molar-refractivity contribution < 1.29 is 18.1 Å². The Morgan fingerprint density at radius 1 is 1.45 bits per heavy atom. The van der Waals surface area contributed by atoms with E-state index in [1.54, 1.807) is 0 Å². The number of carbonyl (C=O) groups is 1. The molecule has 1 amide bonds. The van der Waals surface area contributed by atoms with Crippen molar-refractivity contribution in [1.82, 2.24) is 5.32 Å². The monoisotopic (exact) mass is 299 g/mol. The zero-order valence-corrected chi connectivity index (χ0v) is 11.2. The van der Waals surface area contributed by atoms with E-state index in [2.05, 4.69) is 5.32 Å². The summed E-state index contributed by atoms with van der Waals surface area (Å²) >= 11 is 0. The summed E-state index contributed by atoms with van der Waals surface area (Å²) in [6, 6.07) is 3.26. The summed E-state index contributed by atoms with van der Waals surface area (Å²) in [5.41, 5.74) is 5.13. The molecule has 0 saturated carbocycles. The molecular weight excluding hydrogens is 286 g/mol. The van der Waals surface area contributed by atoms with E-state index in [9.17, 15) is 23.3 Å². The number of nitrogen functional groups attached to an aromatic ring is 1. The van der Waals surface area contributed by atoms with Gasteiger partial charge < -0.3 is 11.1 Å². The fourth-order valence-corrected chi connectivity index (χ4v) is 3.69. The molecule has 1 fully saturated rings. The highest BCUT2D eigenvalue weighted by Crippen LogP contribution is 2.22. The third kappa shape index (κ3) is 3.05. The van der Waals surface area contributed by atoms with Gasteiger partial charge in [-0.1, -0.05) is 0 Å². The highest BCUT2D eigenvalue weighted by atomic mass is 32.2. The predicted octanol–water partition coefficient (Wildman–Crippen LogP) is 0.0939. The summed E-state index contributed by atoms with van der Waals surface area (Å²) in [6.45, 7) is 0. The van der Waals surface area contributed by atoms with Gasteiger partial charge >= 0.3 is 0 Å². The third-order valence-electron chi connectivity index (χ3n) is 3.06. The molecule has 1 aromatic carbocycles. The van der Waals surface area contributed by atoms with Crippen molar-refractivity contribution in [2.45, 2.75) is 12.5 Å². The smallest absolute Gasteiger partial charge is 0.292 e. The van der Waals surface area contributed by atoms with E-state index in [0.29, 0.717) is 6.42 Å². The second-order valence-electron chi connectivity index (χ2n) is 4.60. The highest BCUT2D eigenvalue weighted by Gasteiger charge is 2.29. The van der Waals surface area contributed by atoms with Crippen molar-refractivity contribution in [2.24, 2.45) is 0 Å². The van der Waals surface area contributed by atoms with E-state index in [-0.39, 0.29) is 28.4 Å². The number of nitrogens with zero attached hydrogens (tertiary/aromatic N) is 1. The van der Waals surface area contributed by atoms with Crippen molar-refractivity contribution in [1.29, 1.82) is 0 Å². The minimum Gasteiger partial charge on any atom is -0.393 e. The molecule has 0 radical (unpaired) electrons. The van der Waals surface area contributed by atoms with Crippen LogP contribution in [0.1, 0.15) is 16.8 Å². The topological polar surface area (TPSA) is 132 Å². The minimum absolute atomic E-state index is 0.0324. The van der Waals surface area contributed by atoms with Gasteiger partial charge in [-0.3, -0.25) is 14.9 Å². The number of hydrogen-bond donors (Lipinski definition) is 2. The molecule has 0 aromatic heterocycles. The lowest BCUT2D eigenvalue weighted by molar-refractivity contribution is -0.383. The van der Waals surface area contributed by atoms with Gasteiger partial charge in [0, 0.05) is 17.7 Å². The quantitative estimate of drug-likeness (QED) is 0.462. The maximum atomic E-state index is 11.9. The largest absolute Gasteiger partial charge is 0.393 e. The Kier molecular flexibility index (Phi) is 3.62. The van der Waals surface area contributed by atoms with E-state index < -0.39 is 26.7 Å². The molecule has 9 heteroatoms. The number of anilines is 1. The molecule has 0 spiro atoms. The first-order valence-corrected chi connectivity index (χ1v) is 7.66. The summed E-state index contributed by atoms with van der Waals surface area (Å²) < 4.78 is 22.6. The first-order chi connectivity index (χ1) is 9.28. The van der Waals surface area contributed by atoms with Crippen molar-refractivity contribution in [2.75, 3.05) is 17.2 Å². The zero-order valence-electron chi connectivity index (χ0n) is 10.4. The van der Waals surface area contributed by atoms with Crippen LogP contribution in [0.5, 0.6) is 0 Å². The average molecular weight is 299 g/mol. The van der Waals surface area contributed by atoms with Crippen LogP contribution in [0.4, 0.5) is 11.4 Å². The number of nitrogens with two attached hydrogens (primary N) is 1. The van der Waals surface area contributed by atoms with Gasteiger partial charge in [-0.15, -0.1) is 0 Å². The number of rotatable bonds is 3. The van der Waals surface area contributed by atoms with Gasteiger partial charge in [0.2, 0.25) is 0 Å². The molecule has 1 aliphatic rings. The van der Waals surface area contributed by atoms with Crippen LogP contribution in [-0.2, 0) is 9.84 Å². The van der Waals surface area contributed by atoms with Crippen LogP contribution in [0.3, 0.4) is 0 Å². The van der Waals surface area contributed by atoms with Gasteiger partial charge in [0.05, 0.1) is 16.4 Å². The molecule has 8 nitrogen and oxygen atoms in total. The van der Waals surface area contributed by atoms with Crippen molar-refractivity contribution >= 4 is 27.1 Å². The predicted molar refractivity (Wildman–Crippen MR) is 72.0 cm³/mol. The van der Waals surface area contributed by atoms with Crippen LogP contribution < -0.4 is 11.1 Å². The maximum absolute atomic E-state index is 11.9. The number of nitrogens with one attached hydrogen (secondary N) is 1. The lowest BCUT2D eigenvalue weighted by Gasteiger charge is -2.10. The number of benzene rings is 1. The Morgan fingerprint density at radius 2 is 2.15 bits per heavy atom. The van der Waals surface area contributed by atoms with Gasteiger partial charge in [-0.2, -0.15) is 0 Å². The van der Waals surface area contributed by atoms with Gasteiger partial charge in [-0.05, 0) is 18.6 Å². The fourth-order valence-electron chi connectivity index (χ4n) is 2.02. The summed E-state index contributed by atoms with van der Waals surface area (Å²) in [7, 11) is -3.09. The molecule has 108 valence electrons. The molecular formula is C11H13N3O5S. The second-order valence-corrected chi connectivity index (χ2v) is 6.83. The normalized spacial score (nSPS) is 20.5. The number of sulfone groups is 1. The zero-order chi connectivity index (χ0) is 14.9. The third-order valence-corrected chi connectivity index (χ3v) is 4.82. The van der Waals surface area contributed by atoms with Gasteiger partial charge in [0.25, 0.3) is 11.6 Å². The molecule has 0 bridgehead atoms. The lowest BCUT2D eigenvalue weighted by atomic mass is 10.1. The standard InChI is InChI=1S/C11H13N3O5S/c12-9-2-1-7(5-10(9)14(16)17)11(15)13-8-3-4-20(18,19)6-8/h1-2,5,8H,3-4,6,12H2,(H,13,15). The Morgan fingerprint density at radius 3 is 2.70 bits per heavy atom. The Balaban J connectivity index is 2.14. The van der Waals surface area contributed by atoms with Gasteiger partial charge in [0.15, 0.2) is 9.84 Å². The Labute approximate surface area is 115 Å². The number of amides is 1. The molecule has 2 rings (SSSR count). The van der Waals surface area contributed by atoms with Gasteiger partial charge in [0.1, 0.15) is 5.69 Å². The summed E-state index contributed by atoms with van der Waals surface area (Å²) in [6.07, 6.45) is 0.352. The van der Waals surface area contributed by atoms with E-state index in [0.717, 1.165) is 6.07 Å². The fraction of sp³-hybridized carbons (Fsp3) is 0.364. The van der Waals surface area contributed by atoms with Crippen molar-refractivity contribution in [3.05, 3.63) is 33.9 Å². The van der Waals surface area contributed by atoms with Crippen LogP contribution in [0, 0.1) is 10.1 Å². The van der Waals surface area contributed by atoms with E-state index >= 15 is 0 Å².